The lowest BCUT2D eigenvalue weighted by atomic mass is 9.60. The average molecular weight is 417 g/mol. The Labute approximate surface area is 185 Å². The van der Waals surface area contributed by atoms with Gasteiger partial charge in [-0.25, -0.2) is 0 Å². The minimum Gasteiger partial charge on any atom is -0.508 e. The van der Waals surface area contributed by atoms with E-state index in [1.54, 1.807) is 36.4 Å². The maximum absolute atomic E-state index is 9.81. The van der Waals surface area contributed by atoms with Crippen molar-refractivity contribution < 1.29 is 15.3 Å². The lowest BCUT2D eigenvalue weighted by Crippen LogP contribution is -2.34. The fraction of sp³-hybridized carbons (Fsp3) is 0.357. The molecule has 1 aliphatic rings. The van der Waals surface area contributed by atoms with E-state index in [4.69, 9.17) is 0 Å². The van der Waals surface area contributed by atoms with Gasteiger partial charge < -0.3 is 15.3 Å². The summed E-state index contributed by atoms with van der Waals surface area (Å²) in [7, 11) is 0. The van der Waals surface area contributed by atoms with Crippen molar-refractivity contribution in [1.29, 1.82) is 0 Å². The van der Waals surface area contributed by atoms with Crippen molar-refractivity contribution in [2.24, 2.45) is 5.92 Å². The van der Waals surface area contributed by atoms with Crippen LogP contribution in [0, 0.1) is 5.92 Å². The van der Waals surface area contributed by atoms with Gasteiger partial charge in [-0.1, -0.05) is 49.7 Å². The van der Waals surface area contributed by atoms with Crippen LogP contribution >= 0.6 is 0 Å². The fourth-order valence-corrected chi connectivity index (χ4v) is 5.55. The van der Waals surface area contributed by atoms with Crippen LogP contribution in [0.2, 0.25) is 0 Å². The van der Waals surface area contributed by atoms with E-state index in [-0.39, 0.29) is 16.9 Å². The smallest absolute Gasteiger partial charge is 0.115 e. The van der Waals surface area contributed by atoms with Crippen LogP contribution < -0.4 is 0 Å². The molecule has 3 heteroatoms. The summed E-state index contributed by atoms with van der Waals surface area (Å²) in [5.41, 5.74) is 3.67. The molecule has 0 aromatic heterocycles. The summed E-state index contributed by atoms with van der Waals surface area (Å²) in [6.45, 7) is 2.24. The van der Waals surface area contributed by atoms with Gasteiger partial charge >= 0.3 is 0 Å². The van der Waals surface area contributed by atoms with Gasteiger partial charge in [-0.05, 0) is 97.0 Å². The Morgan fingerprint density at radius 3 is 1.55 bits per heavy atom. The predicted octanol–water partition coefficient (Wildman–Crippen LogP) is 6.86. The van der Waals surface area contributed by atoms with Crippen molar-refractivity contribution in [1.82, 2.24) is 0 Å². The zero-order chi connectivity index (χ0) is 21.8. The van der Waals surface area contributed by atoms with Crippen molar-refractivity contribution in [3.05, 3.63) is 89.5 Å². The largest absolute Gasteiger partial charge is 0.508 e. The molecule has 4 rings (SSSR count). The molecule has 0 aliphatic heterocycles. The number of benzene rings is 3. The summed E-state index contributed by atoms with van der Waals surface area (Å²) in [5, 5.41) is 29.3. The Hall–Kier alpha value is -2.94. The fourth-order valence-electron chi connectivity index (χ4n) is 5.55. The Balaban J connectivity index is 1.64. The highest BCUT2D eigenvalue weighted by atomic mass is 16.3. The van der Waals surface area contributed by atoms with Crippen LogP contribution in [0.3, 0.4) is 0 Å². The number of hydrogen-bond acceptors (Lipinski definition) is 3. The first-order valence-electron chi connectivity index (χ1n) is 11.4. The molecule has 162 valence electrons. The maximum Gasteiger partial charge on any atom is 0.115 e. The third-order valence-electron chi connectivity index (χ3n) is 7.21. The standard InChI is InChI=1S/C28H32O3/c1-2-3-27(20-4-10-24(29)11-5-20)21-16-18-28(19-17-21,22-6-12-25(30)13-7-22)23-8-14-26(31)15-9-23/h4-15,21,27,29-31H,2-3,16-19H2,1H3. The van der Waals surface area contributed by atoms with Crippen molar-refractivity contribution in [2.75, 3.05) is 0 Å². The molecule has 1 unspecified atom stereocenters. The maximum atomic E-state index is 9.81. The minimum atomic E-state index is -0.108. The van der Waals surface area contributed by atoms with E-state index < -0.39 is 0 Å². The van der Waals surface area contributed by atoms with Gasteiger partial charge in [-0.2, -0.15) is 0 Å². The summed E-state index contributed by atoms with van der Waals surface area (Å²) >= 11 is 0. The molecule has 0 amide bonds. The van der Waals surface area contributed by atoms with Crippen LogP contribution in [0.4, 0.5) is 0 Å². The third kappa shape index (κ3) is 4.41. The molecule has 0 spiro atoms. The molecule has 0 radical (unpaired) electrons. The molecule has 0 saturated heterocycles. The summed E-state index contributed by atoms with van der Waals surface area (Å²) in [6, 6.07) is 23.1. The normalized spacial score (nSPS) is 17.3. The van der Waals surface area contributed by atoms with Crippen LogP contribution in [-0.2, 0) is 5.41 Å². The molecule has 0 heterocycles. The number of phenolic OH excluding ortho intramolecular Hbond substituents is 3. The van der Waals surface area contributed by atoms with Crippen LogP contribution in [-0.4, -0.2) is 15.3 Å². The minimum absolute atomic E-state index is 0.108. The highest BCUT2D eigenvalue weighted by molar-refractivity contribution is 5.43. The van der Waals surface area contributed by atoms with Gasteiger partial charge in [0.05, 0.1) is 0 Å². The molecule has 1 aliphatic carbocycles. The van der Waals surface area contributed by atoms with E-state index in [0.29, 0.717) is 17.6 Å². The molecular formula is C28H32O3. The van der Waals surface area contributed by atoms with Gasteiger partial charge in [-0.3, -0.25) is 0 Å². The Bertz CT molecular complexity index is 919. The zero-order valence-corrected chi connectivity index (χ0v) is 18.2. The number of hydrogen-bond donors (Lipinski definition) is 3. The summed E-state index contributed by atoms with van der Waals surface area (Å²) < 4.78 is 0. The molecule has 31 heavy (non-hydrogen) atoms. The molecule has 3 nitrogen and oxygen atoms in total. The first kappa shape index (κ1) is 21.3. The van der Waals surface area contributed by atoms with Gasteiger partial charge in [0, 0.05) is 5.41 Å². The molecule has 1 fully saturated rings. The Morgan fingerprint density at radius 1 is 0.710 bits per heavy atom. The monoisotopic (exact) mass is 416 g/mol. The van der Waals surface area contributed by atoms with E-state index in [9.17, 15) is 15.3 Å². The SMILES string of the molecule is CCCC(c1ccc(O)cc1)C1CCC(c2ccc(O)cc2)(c2ccc(O)cc2)CC1. The zero-order valence-electron chi connectivity index (χ0n) is 18.2. The summed E-state index contributed by atoms with van der Waals surface area (Å²) in [4.78, 5) is 0. The molecule has 1 atom stereocenters. The van der Waals surface area contributed by atoms with Crippen LogP contribution in [0.15, 0.2) is 72.8 Å². The lowest BCUT2D eigenvalue weighted by Gasteiger charge is -2.43. The average Bonchev–Trinajstić information content (AvgIpc) is 2.79. The first-order chi connectivity index (χ1) is 15.0. The van der Waals surface area contributed by atoms with Gasteiger partial charge in [-0.15, -0.1) is 0 Å². The van der Waals surface area contributed by atoms with Gasteiger partial charge in [0.25, 0.3) is 0 Å². The lowest BCUT2D eigenvalue weighted by molar-refractivity contribution is 0.228. The second-order valence-corrected chi connectivity index (χ2v) is 9.00. The van der Waals surface area contributed by atoms with E-state index in [1.807, 2.05) is 24.3 Å². The summed E-state index contributed by atoms with van der Waals surface area (Å²) in [5.74, 6) is 2.00. The van der Waals surface area contributed by atoms with E-state index in [2.05, 4.69) is 19.1 Å². The van der Waals surface area contributed by atoms with Crippen molar-refractivity contribution in [2.45, 2.75) is 56.8 Å². The van der Waals surface area contributed by atoms with Crippen LogP contribution in [0.5, 0.6) is 17.2 Å². The van der Waals surface area contributed by atoms with E-state index in [0.717, 1.165) is 38.5 Å². The number of rotatable bonds is 6. The van der Waals surface area contributed by atoms with E-state index >= 15 is 0 Å². The number of aromatic hydroxyl groups is 3. The van der Waals surface area contributed by atoms with Crippen molar-refractivity contribution in [3.63, 3.8) is 0 Å². The Kier molecular flexibility index (Phi) is 6.22. The van der Waals surface area contributed by atoms with Gasteiger partial charge in [0.2, 0.25) is 0 Å². The van der Waals surface area contributed by atoms with Crippen LogP contribution in [0.1, 0.15) is 68.1 Å². The second-order valence-electron chi connectivity index (χ2n) is 9.00. The second kappa shape index (κ2) is 9.05. The van der Waals surface area contributed by atoms with Crippen molar-refractivity contribution in [3.8, 4) is 17.2 Å². The van der Waals surface area contributed by atoms with Crippen molar-refractivity contribution >= 4 is 0 Å². The summed E-state index contributed by atoms with van der Waals surface area (Å²) in [6.07, 6.45) is 6.60. The topological polar surface area (TPSA) is 60.7 Å². The molecule has 0 bridgehead atoms. The van der Waals surface area contributed by atoms with Crippen LogP contribution in [0.25, 0.3) is 0 Å². The first-order valence-corrected chi connectivity index (χ1v) is 11.4. The molecule has 1 saturated carbocycles. The highest BCUT2D eigenvalue weighted by Gasteiger charge is 2.40. The quantitative estimate of drug-likeness (QED) is 0.411. The third-order valence-corrected chi connectivity index (χ3v) is 7.21. The Morgan fingerprint density at radius 2 is 1.13 bits per heavy atom. The molecule has 3 aromatic carbocycles. The van der Waals surface area contributed by atoms with Gasteiger partial charge in [0.1, 0.15) is 17.2 Å². The molecule has 3 N–H and O–H groups in total. The number of phenols is 3. The predicted molar refractivity (Wildman–Crippen MR) is 125 cm³/mol. The van der Waals surface area contributed by atoms with E-state index in [1.165, 1.54) is 16.7 Å². The molecule has 3 aromatic rings. The molecular weight excluding hydrogens is 384 g/mol. The highest BCUT2D eigenvalue weighted by Crippen LogP contribution is 2.50. The van der Waals surface area contributed by atoms with Gasteiger partial charge in [0.15, 0.2) is 0 Å².